The van der Waals surface area contributed by atoms with Crippen LogP contribution in [-0.2, 0) is 12.1 Å². The highest BCUT2D eigenvalue weighted by Gasteiger charge is 2.46. The van der Waals surface area contributed by atoms with E-state index in [0.29, 0.717) is 31.5 Å². The minimum atomic E-state index is -1.03. The number of hydrogen-bond donors (Lipinski definition) is 0. The molecule has 5 nitrogen and oxygen atoms in total. The van der Waals surface area contributed by atoms with E-state index in [1.54, 1.807) is 16.8 Å². The van der Waals surface area contributed by atoms with Gasteiger partial charge in [-0.15, -0.1) is 0 Å². The Hall–Kier alpha value is -3.52. The summed E-state index contributed by atoms with van der Waals surface area (Å²) >= 11 is 0. The predicted octanol–water partition coefficient (Wildman–Crippen LogP) is 6.33. The van der Waals surface area contributed by atoms with Crippen molar-refractivity contribution in [2.75, 3.05) is 33.7 Å². The van der Waals surface area contributed by atoms with Crippen LogP contribution < -0.4 is 0 Å². The molecule has 2 amide bonds. The zero-order valence-electron chi connectivity index (χ0n) is 23.1. The molecule has 40 heavy (non-hydrogen) atoms. The highest BCUT2D eigenvalue weighted by atomic mass is 19.1. The van der Waals surface area contributed by atoms with Gasteiger partial charge >= 0.3 is 6.03 Å². The second-order valence-corrected chi connectivity index (χ2v) is 11.1. The van der Waals surface area contributed by atoms with Gasteiger partial charge < -0.3 is 19.3 Å². The van der Waals surface area contributed by atoms with Crippen molar-refractivity contribution in [1.29, 1.82) is 0 Å². The third-order valence-electron chi connectivity index (χ3n) is 8.37. The summed E-state index contributed by atoms with van der Waals surface area (Å²) in [6, 6.07) is 16.6. The van der Waals surface area contributed by atoms with Crippen LogP contribution in [0.1, 0.15) is 36.8 Å². The van der Waals surface area contributed by atoms with Crippen LogP contribution in [0.3, 0.4) is 0 Å². The van der Waals surface area contributed by atoms with Crippen LogP contribution in [0.15, 0.2) is 79.1 Å². The number of nitrogens with zero attached hydrogens (tertiary/aromatic N) is 4. The number of carbonyl (C=O) groups is 1. The maximum atomic E-state index is 15.0. The Morgan fingerprint density at radius 3 is 2.58 bits per heavy atom. The summed E-state index contributed by atoms with van der Waals surface area (Å²) in [5.41, 5.74) is 0.737. The molecule has 8 heteroatoms. The molecule has 2 aromatic carbocycles. The van der Waals surface area contributed by atoms with Gasteiger partial charge in [0.05, 0.1) is 5.54 Å². The molecular weight excluding hydrogens is 513 g/mol. The molecular formula is C32H37F3N4O. The summed E-state index contributed by atoms with van der Waals surface area (Å²) in [5, 5.41) is 0. The molecule has 2 aliphatic rings. The average molecular weight is 551 g/mol. The average Bonchev–Trinajstić information content (AvgIpc) is 3.57. The Bertz CT molecular complexity index is 1330. The van der Waals surface area contributed by atoms with E-state index in [4.69, 9.17) is 0 Å². The van der Waals surface area contributed by atoms with E-state index in [1.807, 2.05) is 72.9 Å². The number of aryl methyl sites for hydroxylation is 1. The first-order valence-electron chi connectivity index (χ1n) is 14.0. The van der Waals surface area contributed by atoms with Crippen molar-refractivity contribution in [3.8, 4) is 0 Å². The first kappa shape index (κ1) is 28.0. The zero-order chi connectivity index (χ0) is 28.3. The fourth-order valence-electron chi connectivity index (χ4n) is 6.22. The zero-order valence-corrected chi connectivity index (χ0v) is 23.1. The van der Waals surface area contributed by atoms with Crippen LogP contribution >= 0.6 is 0 Å². The third-order valence-corrected chi connectivity index (χ3v) is 8.37. The van der Waals surface area contributed by atoms with Gasteiger partial charge in [-0.25, -0.2) is 18.0 Å². The number of benzene rings is 2. The Morgan fingerprint density at radius 1 is 1.07 bits per heavy atom. The largest absolute Gasteiger partial charge is 0.354 e. The molecule has 5 rings (SSSR count). The third kappa shape index (κ3) is 5.82. The Labute approximate surface area is 234 Å². The van der Waals surface area contributed by atoms with Crippen molar-refractivity contribution in [1.82, 2.24) is 19.3 Å². The second-order valence-electron chi connectivity index (χ2n) is 11.1. The minimum Gasteiger partial charge on any atom is -0.354 e. The van der Waals surface area contributed by atoms with Crippen LogP contribution in [0, 0.1) is 11.6 Å². The fourth-order valence-corrected chi connectivity index (χ4v) is 6.22. The van der Waals surface area contributed by atoms with Crippen molar-refractivity contribution in [3.05, 3.63) is 102 Å². The fraction of sp³-hybridized carbons (Fsp3) is 0.406. The van der Waals surface area contributed by atoms with E-state index in [2.05, 4.69) is 4.57 Å². The molecule has 0 N–H and O–H groups in total. The predicted molar refractivity (Wildman–Crippen MR) is 151 cm³/mol. The summed E-state index contributed by atoms with van der Waals surface area (Å²) in [4.78, 5) is 19.8. The summed E-state index contributed by atoms with van der Waals surface area (Å²) in [6.07, 6.45) is 7.17. The second kappa shape index (κ2) is 11.9. The summed E-state index contributed by atoms with van der Waals surface area (Å²) in [7, 11) is 3.63. The molecule has 1 saturated heterocycles. The minimum absolute atomic E-state index is 0.119. The number of rotatable bonds is 7. The van der Waals surface area contributed by atoms with E-state index in [9.17, 15) is 13.6 Å². The van der Waals surface area contributed by atoms with Crippen molar-refractivity contribution in [3.63, 3.8) is 0 Å². The normalized spacial score (nSPS) is 23.6. The number of urea groups is 1. The van der Waals surface area contributed by atoms with Gasteiger partial charge in [0, 0.05) is 57.1 Å². The molecule has 3 atom stereocenters. The van der Waals surface area contributed by atoms with Gasteiger partial charge in [0.2, 0.25) is 0 Å². The van der Waals surface area contributed by atoms with Crippen LogP contribution in [-0.4, -0.2) is 71.2 Å². The van der Waals surface area contributed by atoms with Gasteiger partial charge in [-0.1, -0.05) is 30.3 Å². The number of alkyl halides is 1. The summed E-state index contributed by atoms with van der Waals surface area (Å²) in [6.45, 7) is 1.91. The summed E-state index contributed by atoms with van der Waals surface area (Å²) < 4.78 is 46.2. The molecule has 212 valence electrons. The molecule has 1 fully saturated rings. The molecule has 0 spiro atoms. The highest BCUT2D eigenvalue weighted by molar-refractivity contribution is 5.83. The standard InChI is InChI=1S/C32H37F3N4O/c1-36-18-13-28(19-27(34)23-36)37(2)31(40)39-22-24(29-20-26(33)11-12-30(29)35)21-32(39,25-9-4-3-5-10-25)14-8-17-38-15-6-7-16-38/h3-7,9-12,15-16,20-21,27-28H,8,13-14,17-19,22-23H2,1-2H3/t27?,28?,32-/m0/s1. The number of halogens is 3. The van der Waals surface area contributed by atoms with Crippen molar-refractivity contribution >= 4 is 11.6 Å². The first-order chi connectivity index (χ1) is 19.3. The van der Waals surface area contributed by atoms with Crippen LogP contribution in [0.25, 0.3) is 5.57 Å². The van der Waals surface area contributed by atoms with E-state index >= 15 is 4.39 Å². The topological polar surface area (TPSA) is 31.7 Å². The molecule has 0 aliphatic carbocycles. The van der Waals surface area contributed by atoms with Crippen LogP contribution in [0.2, 0.25) is 0 Å². The lowest BCUT2D eigenvalue weighted by molar-refractivity contribution is 0.104. The molecule has 2 unspecified atom stereocenters. The molecule has 2 aliphatic heterocycles. The van der Waals surface area contributed by atoms with E-state index in [1.165, 1.54) is 6.07 Å². The molecule has 0 bridgehead atoms. The monoisotopic (exact) mass is 550 g/mol. The lowest BCUT2D eigenvalue weighted by Crippen LogP contribution is -2.53. The Balaban J connectivity index is 1.54. The number of amides is 2. The van der Waals surface area contributed by atoms with Gasteiger partial charge in [-0.05, 0) is 80.4 Å². The first-order valence-corrected chi connectivity index (χ1v) is 14.0. The molecule has 3 heterocycles. The Morgan fingerprint density at radius 2 is 1.82 bits per heavy atom. The van der Waals surface area contributed by atoms with Crippen LogP contribution in [0.4, 0.5) is 18.0 Å². The van der Waals surface area contributed by atoms with Gasteiger partial charge in [0.25, 0.3) is 0 Å². The SMILES string of the molecule is CN1CCC(N(C)C(=O)N2CC(c3cc(F)ccc3F)=C[C@@]2(CCCn2cccc2)c2ccccc2)CC(F)C1. The van der Waals surface area contributed by atoms with Gasteiger partial charge in [-0.2, -0.15) is 0 Å². The van der Waals surface area contributed by atoms with Crippen molar-refractivity contribution < 1.29 is 18.0 Å². The van der Waals surface area contributed by atoms with Crippen molar-refractivity contribution in [2.45, 2.75) is 50.0 Å². The maximum absolute atomic E-state index is 15.0. The van der Waals surface area contributed by atoms with E-state index in [-0.39, 0.29) is 30.6 Å². The van der Waals surface area contributed by atoms with E-state index in [0.717, 1.165) is 30.7 Å². The van der Waals surface area contributed by atoms with Crippen LogP contribution in [0.5, 0.6) is 0 Å². The molecule has 3 aromatic rings. The molecule has 0 saturated carbocycles. The molecule has 1 aromatic heterocycles. The number of carbonyl (C=O) groups excluding carboxylic acids is 1. The Kier molecular flexibility index (Phi) is 8.35. The number of hydrogen-bond acceptors (Lipinski definition) is 2. The number of aromatic nitrogens is 1. The van der Waals surface area contributed by atoms with Gasteiger partial charge in [0.15, 0.2) is 0 Å². The lowest BCUT2D eigenvalue weighted by atomic mass is 9.84. The van der Waals surface area contributed by atoms with Crippen molar-refractivity contribution in [2.24, 2.45) is 0 Å². The highest BCUT2D eigenvalue weighted by Crippen LogP contribution is 2.45. The van der Waals surface area contributed by atoms with Gasteiger partial charge in [-0.3, -0.25) is 0 Å². The summed E-state index contributed by atoms with van der Waals surface area (Å²) in [5.74, 6) is -1.06. The quantitative estimate of drug-likeness (QED) is 0.345. The smallest absolute Gasteiger partial charge is 0.321 e. The maximum Gasteiger partial charge on any atom is 0.321 e. The van der Waals surface area contributed by atoms with E-state index < -0.39 is 23.3 Å². The van der Waals surface area contributed by atoms with Gasteiger partial charge in [0.1, 0.15) is 17.8 Å². The molecule has 0 radical (unpaired) electrons. The lowest BCUT2D eigenvalue weighted by Gasteiger charge is -2.42. The number of likely N-dealkylation sites (tertiary alicyclic amines) is 1.